The summed E-state index contributed by atoms with van der Waals surface area (Å²) < 4.78 is 0.898. The second-order valence-corrected chi connectivity index (χ2v) is 5.66. The molecule has 0 spiro atoms. The first-order valence-electron chi connectivity index (χ1n) is 5.92. The predicted octanol–water partition coefficient (Wildman–Crippen LogP) is 1.78. The number of rotatable bonds is 4. The second kappa shape index (κ2) is 7.23. The molecule has 0 radical (unpaired) electrons. The van der Waals surface area contributed by atoms with Gasteiger partial charge in [-0.15, -0.1) is 5.10 Å². The molecule has 1 aromatic carbocycles. The third-order valence-electron chi connectivity index (χ3n) is 2.41. The number of benzene rings is 1. The van der Waals surface area contributed by atoms with Crippen molar-refractivity contribution in [2.24, 2.45) is 0 Å². The zero-order valence-corrected chi connectivity index (χ0v) is 13.4. The molecule has 0 saturated carbocycles. The van der Waals surface area contributed by atoms with Gasteiger partial charge < -0.3 is 5.32 Å². The fourth-order valence-electron chi connectivity index (χ4n) is 1.44. The number of urea groups is 1. The maximum atomic E-state index is 11.5. The zero-order chi connectivity index (χ0) is 15.2. The molecular weight excluding hydrogens is 358 g/mol. The highest BCUT2D eigenvalue weighted by atomic mass is 79.9. The quantitative estimate of drug-likeness (QED) is 0.713. The lowest BCUT2D eigenvalue weighted by atomic mass is 10.2. The van der Waals surface area contributed by atoms with E-state index >= 15 is 0 Å². The van der Waals surface area contributed by atoms with Gasteiger partial charge in [0, 0.05) is 17.1 Å². The first-order chi connectivity index (χ1) is 10.1. The molecule has 0 unspecified atom stereocenters. The minimum Gasteiger partial charge on any atom is -0.341 e. The summed E-state index contributed by atoms with van der Waals surface area (Å²) in [6.07, 6.45) is 0. The first kappa shape index (κ1) is 15.5. The maximum absolute atomic E-state index is 11.5. The molecule has 9 heteroatoms. The van der Waals surface area contributed by atoms with Crippen LogP contribution in [0.2, 0.25) is 0 Å². The number of H-pyrrole nitrogens is 1. The number of carbonyl (C=O) groups is 2. The molecule has 7 nitrogen and oxygen atoms in total. The Kier molecular flexibility index (Phi) is 5.34. The zero-order valence-electron chi connectivity index (χ0n) is 11.0. The lowest BCUT2D eigenvalue weighted by molar-refractivity contribution is -0.117. The molecule has 110 valence electrons. The summed E-state index contributed by atoms with van der Waals surface area (Å²) in [5, 5.41) is 11.8. The molecule has 0 fully saturated rings. The van der Waals surface area contributed by atoms with Crippen LogP contribution in [-0.2, 0) is 4.79 Å². The summed E-state index contributed by atoms with van der Waals surface area (Å²) in [5.41, 5.74) is 0.881. The van der Waals surface area contributed by atoms with E-state index in [0.29, 0.717) is 11.0 Å². The van der Waals surface area contributed by atoms with Crippen molar-refractivity contribution in [3.05, 3.63) is 28.7 Å². The van der Waals surface area contributed by atoms with Crippen LogP contribution in [0.25, 0.3) is 11.4 Å². The predicted molar refractivity (Wildman–Crippen MR) is 82.8 cm³/mol. The monoisotopic (exact) mass is 369 g/mol. The molecule has 21 heavy (non-hydrogen) atoms. The summed E-state index contributed by atoms with van der Waals surface area (Å²) in [6, 6.07) is 7.07. The summed E-state index contributed by atoms with van der Waals surface area (Å²) in [4.78, 5) is 26.7. The van der Waals surface area contributed by atoms with Gasteiger partial charge in [0.15, 0.2) is 5.82 Å². The van der Waals surface area contributed by atoms with Crippen molar-refractivity contribution in [1.29, 1.82) is 0 Å². The minimum absolute atomic E-state index is 0.0562. The lowest BCUT2D eigenvalue weighted by Crippen LogP contribution is -2.38. The Labute approximate surface area is 133 Å². The van der Waals surface area contributed by atoms with Crippen LogP contribution in [0.5, 0.6) is 0 Å². The number of nitrogens with one attached hydrogen (secondary N) is 3. The Morgan fingerprint density at radius 2 is 2.14 bits per heavy atom. The van der Waals surface area contributed by atoms with Crippen molar-refractivity contribution < 1.29 is 9.59 Å². The van der Waals surface area contributed by atoms with Crippen LogP contribution in [0.4, 0.5) is 4.79 Å². The van der Waals surface area contributed by atoms with Gasteiger partial charge in [0.1, 0.15) is 0 Å². The third kappa shape index (κ3) is 4.30. The van der Waals surface area contributed by atoms with E-state index in [-0.39, 0.29) is 5.75 Å². The number of aromatic amines is 1. The molecule has 0 aliphatic heterocycles. The van der Waals surface area contributed by atoms with Gasteiger partial charge in [-0.3, -0.25) is 15.2 Å². The number of hydrogen-bond acceptors (Lipinski definition) is 5. The van der Waals surface area contributed by atoms with Crippen molar-refractivity contribution in [2.75, 3.05) is 12.8 Å². The third-order valence-corrected chi connectivity index (χ3v) is 3.95. The Morgan fingerprint density at radius 1 is 1.38 bits per heavy atom. The van der Waals surface area contributed by atoms with Crippen LogP contribution < -0.4 is 10.6 Å². The number of amides is 3. The van der Waals surface area contributed by atoms with Crippen molar-refractivity contribution in [3.8, 4) is 11.4 Å². The SMILES string of the molecule is CNC(=O)NC(=O)CSc1n[nH]c(-c2ccccc2Br)n1. The smallest absolute Gasteiger partial charge is 0.321 e. The standard InChI is InChI=1S/C12H12BrN5O2S/c1-14-11(20)15-9(19)6-21-12-16-10(17-18-12)7-4-2-3-5-8(7)13/h2-5H,6H2,1H3,(H,16,17,18)(H2,14,15,19,20). The minimum atomic E-state index is -0.538. The number of halogens is 1. The Hall–Kier alpha value is -1.87. The molecule has 0 saturated heterocycles. The number of imide groups is 1. The summed E-state index contributed by atoms with van der Waals surface area (Å²) in [6.45, 7) is 0. The van der Waals surface area contributed by atoms with Crippen LogP contribution in [0, 0.1) is 0 Å². The van der Waals surface area contributed by atoms with Gasteiger partial charge in [-0.1, -0.05) is 45.9 Å². The number of carbonyl (C=O) groups excluding carboxylic acids is 2. The molecule has 0 aliphatic carbocycles. The molecule has 1 aromatic heterocycles. The Balaban J connectivity index is 1.97. The van der Waals surface area contributed by atoms with Gasteiger partial charge in [-0.25, -0.2) is 9.78 Å². The Morgan fingerprint density at radius 3 is 2.86 bits per heavy atom. The van der Waals surface area contributed by atoms with Crippen molar-refractivity contribution >= 4 is 39.6 Å². The van der Waals surface area contributed by atoms with E-state index in [4.69, 9.17) is 0 Å². The number of thioether (sulfide) groups is 1. The highest BCUT2D eigenvalue weighted by Gasteiger charge is 2.11. The maximum Gasteiger partial charge on any atom is 0.321 e. The van der Waals surface area contributed by atoms with E-state index in [1.807, 2.05) is 24.3 Å². The van der Waals surface area contributed by atoms with Crippen molar-refractivity contribution in [1.82, 2.24) is 25.8 Å². The van der Waals surface area contributed by atoms with Crippen LogP contribution in [0.15, 0.2) is 33.9 Å². The van der Waals surface area contributed by atoms with Crippen LogP contribution in [-0.4, -0.2) is 39.9 Å². The molecule has 0 bridgehead atoms. The molecule has 2 rings (SSSR count). The number of aromatic nitrogens is 3. The van der Waals surface area contributed by atoms with Crippen LogP contribution in [0.1, 0.15) is 0 Å². The van der Waals surface area contributed by atoms with Crippen LogP contribution >= 0.6 is 27.7 Å². The lowest BCUT2D eigenvalue weighted by Gasteiger charge is -2.00. The normalized spacial score (nSPS) is 10.2. The highest BCUT2D eigenvalue weighted by Crippen LogP contribution is 2.26. The van der Waals surface area contributed by atoms with E-state index in [1.54, 1.807) is 0 Å². The summed E-state index contributed by atoms with van der Waals surface area (Å²) in [7, 11) is 1.44. The topological polar surface area (TPSA) is 99.8 Å². The second-order valence-electron chi connectivity index (χ2n) is 3.86. The summed E-state index contributed by atoms with van der Waals surface area (Å²) >= 11 is 4.58. The largest absolute Gasteiger partial charge is 0.341 e. The number of hydrogen-bond donors (Lipinski definition) is 3. The van der Waals surface area contributed by atoms with Gasteiger partial charge in [-0.2, -0.15) is 0 Å². The van der Waals surface area contributed by atoms with Gasteiger partial charge in [-0.05, 0) is 6.07 Å². The fraction of sp³-hybridized carbons (Fsp3) is 0.167. The molecule has 1 heterocycles. The van der Waals surface area contributed by atoms with E-state index in [9.17, 15) is 9.59 Å². The van der Waals surface area contributed by atoms with Gasteiger partial charge in [0.2, 0.25) is 11.1 Å². The van der Waals surface area contributed by atoms with Crippen molar-refractivity contribution in [3.63, 3.8) is 0 Å². The molecule has 0 aliphatic rings. The van der Waals surface area contributed by atoms with Gasteiger partial charge >= 0.3 is 6.03 Å². The molecular formula is C12H12BrN5O2S. The fourth-order valence-corrected chi connectivity index (χ4v) is 2.51. The van der Waals surface area contributed by atoms with Crippen LogP contribution in [0.3, 0.4) is 0 Å². The van der Waals surface area contributed by atoms with E-state index in [2.05, 4.69) is 41.7 Å². The van der Waals surface area contributed by atoms with E-state index in [0.717, 1.165) is 21.8 Å². The molecule has 2 aromatic rings. The highest BCUT2D eigenvalue weighted by molar-refractivity contribution is 9.10. The average molecular weight is 370 g/mol. The number of nitrogens with zero attached hydrogens (tertiary/aromatic N) is 2. The van der Waals surface area contributed by atoms with E-state index in [1.165, 1.54) is 7.05 Å². The summed E-state index contributed by atoms with van der Waals surface area (Å²) in [5.74, 6) is 0.254. The average Bonchev–Trinajstić information content (AvgIpc) is 2.94. The molecule has 0 atom stereocenters. The van der Waals surface area contributed by atoms with Crippen molar-refractivity contribution in [2.45, 2.75) is 5.16 Å². The van der Waals surface area contributed by atoms with E-state index < -0.39 is 11.9 Å². The first-order valence-corrected chi connectivity index (χ1v) is 7.69. The van der Waals surface area contributed by atoms with Gasteiger partial charge in [0.25, 0.3) is 0 Å². The molecule has 3 amide bonds. The molecule has 3 N–H and O–H groups in total. The Bertz CT molecular complexity index is 661. The van der Waals surface area contributed by atoms with Gasteiger partial charge in [0.05, 0.1) is 5.75 Å².